The van der Waals surface area contributed by atoms with Gasteiger partial charge in [-0.1, -0.05) is 0 Å². The van der Waals surface area contributed by atoms with E-state index in [1.165, 1.54) is 24.3 Å². The van der Waals surface area contributed by atoms with Crippen LogP contribution >= 0.6 is 0 Å². The molecule has 0 spiro atoms. The van der Waals surface area contributed by atoms with E-state index in [0.29, 0.717) is 12.3 Å². The highest BCUT2D eigenvalue weighted by molar-refractivity contribution is 5.68. The van der Waals surface area contributed by atoms with Gasteiger partial charge in [-0.15, -0.1) is 0 Å². The normalized spacial score (nSPS) is 17.6. The Morgan fingerprint density at radius 1 is 1.31 bits per heavy atom. The molecule has 1 heterocycles. The molecule has 1 aliphatic heterocycles. The van der Waals surface area contributed by atoms with E-state index in [1.54, 1.807) is 0 Å². The van der Waals surface area contributed by atoms with Crippen molar-refractivity contribution in [2.24, 2.45) is 0 Å². The van der Waals surface area contributed by atoms with Gasteiger partial charge in [0.25, 0.3) is 0 Å². The first-order valence-electron chi connectivity index (χ1n) is 8.99. The quantitative estimate of drug-likeness (QED) is 0.808. The number of benzene rings is 1. The van der Waals surface area contributed by atoms with Crippen LogP contribution in [0.2, 0.25) is 0 Å². The maximum atomic E-state index is 12.8. The minimum atomic E-state index is -0.629. The zero-order valence-corrected chi connectivity index (χ0v) is 15.7. The summed E-state index contributed by atoms with van der Waals surface area (Å²) in [4.78, 5) is 13.9. The summed E-state index contributed by atoms with van der Waals surface area (Å²) >= 11 is 0. The Labute approximate surface area is 154 Å². The number of nitrogens with zero attached hydrogens (tertiary/aromatic N) is 1. The Morgan fingerprint density at radius 2 is 1.92 bits per heavy atom. The van der Waals surface area contributed by atoms with Crippen molar-refractivity contribution >= 4 is 6.09 Å². The summed E-state index contributed by atoms with van der Waals surface area (Å²) in [5, 5.41) is 13.0. The molecule has 1 aromatic carbocycles. The van der Waals surface area contributed by atoms with Gasteiger partial charge in [-0.3, -0.25) is 0 Å². The molecule has 0 saturated carbocycles. The van der Waals surface area contributed by atoms with E-state index in [4.69, 9.17) is 9.47 Å². The topological polar surface area (TPSA) is 71.0 Å². The van der Waals surface area contributed by atoms with Crippen molar-refractivity contribution in [3.8, 4) is 5.75 Å². The van der Waals surface area contributed by atoms with Gasteiger partial charge in [0.1, 0.15) is 29.9 Å². The smallest absolute Gasteiger partial charge is 0.407 e. The fraction of sp³-hybridized carbons (Fsp3) is 0.632. The third-order valence-electron chi connectivity index (χ3n) is 4.03. The van der Waals surface area contributed by atoms with Crippen LogP contribution < -0.4 is 10.1 Å². The molecular weight excluding hydrogens is 339 g/mol. The van der Waals surface area contributed by atoms with Crippen LogP contribution in [0.25, 0.3) is 0 Å². The highest BCUT2D eigenvalue weighted by Gasteiger charge is 2.24. The SMILES string of the molecule is CC(C)(C)OC(=O)NC1CCN(C[C@@H](O)COc2ccc(F)cc2)CC1. The third kappa shape index (κ3) is 7.58. The van der Waals surface area contributed by atoms with Gasteiger partial charge >= 0.3 is 6.09 Å². The molecule has 146 valence electrons. The lowest BCUT2D eigenvalue weighted by molar-refractivity contribution is 0.0421. The predicted molar refractivity (Wildman–Crippen MR) is 96.7 cm³/mol. The molecule has 0 unspecified atom stereocenters. The van der Waals surface area contributed by atoms with Crippen molar-refractivity contribution in [2.75, 3.05) is 26.2 Å². The lowest BCUT2D eigenvalue weighted by Crippen LogP contribution is -2.48. The van der Waals surface area contributed by atoms with Gasteiger partial charge in [0.2, 0.25) is 0 Å². The summed E-state index contributed by atoms with van der Waals surface area (Å²) in [5.74, 6) is 0.214. The van der Waals surface area contributed by atoms with Crippen LogP contribution in [0, 0.1) is 5.82 Å². The number of carbonyl (C=O) groups excluding carboxylic acids is 1. The number of hydrogen-bond acceptors (Lipinski definition) is 5. The lowest BCUT2D eigenvalue weighted by atomic mass is 10.0. The number of alkyl carbamates (subject to hydrolysis) is 1. The molecule has 7 heteroatoms. The van der Waals surface area contributed by atoms with Gasteiger partial charge in [-0.2, -0.15) is 0 Å². The fourth-order valence-electron chi connectivity index (χ4n) is 2.81. The van der Waals surface area contributed by atoms with Crippen LogP contribution in [0.4, 0.5) is 9.18 Å². The van der Waals surface area contributed by atoms with Crippen LogP contribution in [-0.2, 0) is 4.74 Å². The summed E-state index contributed by atoms with van der Waals surface area (Å²) in [5.41, 5.74) is -0.501. The van der Waals surface area contributed by atoms with E-state index in [9.17, 15) is 14.3 Å². The number of nitrogens with one attached hydrogen (secondary N) is 1. The van der Waals surface area contributed by atoms with Crippen LogP contribution in [0.1, 0.15) is 33.6 Å². The summed E-state index contributed by atoms with van der Waals surface area (Å²) in [7, 11) is 0. The number of aliphatic hydroxyl groups excluding tert-OH is 1. The summed E-state index contributed by atoms with van der Waals surface area (Å²) < 4.78 is 23.6. The van der Waals surface area contributed by atoms with Crippen molar-refractivity contribution in [3.05, 3.63) is 30.1 Å². The Morgan fingerprint density at radius 3 is 2.50 bits per heavy atom. The molecule has 2 N–H and O–H groups in total. The van der Waals surface area contributed by atoms with Crippen molar-refractivity contribution in [2.45, 2.75) is 51.4 Å². The second-order valence-corrected chi connectivity index (χ2v) is 7.64. The molecule has 0 aliphatic carbocycles. The molecule has 1 atom stereocenters. The maximum Gasteiger partial charge on any atom is 0.407 e. The molecule has 0 bridgehead atoms. The van der Waals surface area contributed by atoms with E-state index in [-0.39, 0.29) is 24.6 Å². The molecule has 1 amide bonds. The number of hydrogen-bond donors (Lipinski definition) is 2. The number of amides is 1. The van der Waals surface area contributed by atoms with Crippen molar-refractivity contribution < 1.29 is 23.8 Å². The Balaban J connectivity index is 1.64. The number of rotatable bonds is 6. The summed E-state index contributed by atoms with van der Waals surface area (Å²) in [6.45, 7) is 7.74. The number of aliphatic hydroxyl groups is 1. The number of halogens is 1. The first-order chi connectivity index (χ1) is 12.2. The Kier molecular flexibility index (Phi) is 7.23. The first-order valence-corrected chi connectivity index (χ1v) is 8.99. The van der Waals surface area contributed by atoms with Gasteiger partial charge in [0, 0.05) is 25.7 Å². The van der Waals surface area contributed by atoms with Crippen molar-refractivity contribution in [1.29, 1.82) is 0 Å². The zero-order valence-electron chi connectivity index (χ0n) is 15.7. The average Bonchev–Trinajstić information content (AvgIpc) is 2.54. The van der Waals surface area contributed by atoms with Gasteiger partial charge in [-0.05, 0) is 57.9 Å². The minimum Gasteiger partial charge on any atom is -0.491 e. The minimum absolute atomic E-state index is 0.0914. The van der Waals surface area contributed by atoms with Crippen LogP contribution in [0.3, 0.4) is 0 Å². The third-order valence-corrected chi connectivity index (χ3v) is 4.03. The van der Waals surface area contributed by atoms with Crippen LogP contribution in [0.15, 0.2) is 24.3 Å². The molecule has 1 aliphatic rings. The number of likely N-dealkylation sites (tertiary alicyclic amines) is 1. The van der Waals surface area contributed by atoms with Crippen molar-refractivity contribution in [1.82, 2.24) is 10.2 Å². The Hall–Kier alpha value is -1.86. The maximum absolute atomic E-state index is 12.8. The average molecular weight is 368 g/mol. The molecule has 1 saturated heterocycles. The number of β-amino-alcohol motifs (C(OH)–C–C–N with tert-alkyl or cyclic N) is 1. The van der Waals surface area contributed by atoms with Crippen molar-refractivity contribution in [3.63, 3.8) is 0 Å². The molecule has 6 nitrogen and oxygen atoms in total. The van der Waals surface area contributed by atoms with Crippen LogP contribution in [0.5, 0.6) is 5.75 Å². The molecule has 0 radical (unpaired) electrons. The standard InChI is InChI=1S/C19H29FN2O4/c1-19(2,3)26-18(24)21-15-8-10-22(11-9-15)12-16(23)13-25-17-6-4-14(20)5-7-17/h4-7,15-16,23H,8-13H2,1-3H3,(H,21,24)/t16-/m1/s1. The van der Waals surface area contributed by atoms with E-state index in [1.807, 2.05) is 20.8 Å². The largest absolute Gasteiger partial charge is 0.491 e. The predicted octanol–water partition coefficient (Wildman–Crippen LogP) is 2.55. The summed E-state index contributed by atoms with van der Waals surface area (Å²) in [6, 6.07) is 5.81. The molecule has 26 heavy (non-hydrogen) atoms. The summed E-state index contributed by atoms with van der Waals surface area (Å²) in [6.07, 6.45) is 0.606. The fourth-order valence-corrected chi connectivity index (χ4v) is 2.81. The number of ether oxygens (including phenoxy) is 2. The lowest BCUT2D eigenvalue weighted by Gasteiger charge is -2.33. The van der Waals surface area contributed by atoms with Gasteiger partial charge < -0.3 is 24.8 Å². The highest BCUT2D eigenvalue weighted by Crippen LogP contribution is 2.14. The monoisotopic (exact) mass is 368 g/mol. The number of piperidine rings is 1. The van der Waals surface area contributed by atoms with Crippen LogP contribution in [-0.4, -0.2) is 60.1 Å². The first kappa shape index (κ1) is 20.5. The molecule has 1 fully saturated rings. The number of carbonyl (C=O) groups is 1. The van der Waals surface area contributed by atoms with Gasteiger partial charge in [-0.25, -0.2) is 9.18 Å². The molecular formula is C19H29FN2O4. The second kappa shape index (κ2) is 9.19. The Bertz CT molecular complexity index is 566. The van der Waals surface area contributed by atoms with E-state index < -0.39 is 11.7 Å². The van der Waals surface area contributed by atoms with Gasteiger partial charge in [0.05, 0.1) is 0 Å². The molecule has 0 aromatic heterocycles. The second-order valence-electron chi connectivity index (χ2n) is 7.64. The van der Waals surface area contributed by atoms with E-state index >= 15 is 0 Å². The molecule has 1 aromatic rings. The van der Waals surface area contributed by atoms with E-state index in [2.05, 4.69) is 10.2 Å². The highest BCUT2D eigenvalue weighted by atomic mass is 19.1. The molecule has 2 rings (SSSR count). The van der Waals surface area contributed by atoms with Gasteiger partial charge in [0.15, 0.2) is 0 Å². The van der Waals surface area contributed by atoms with E-state index in [0.717, 1.165) is 25.9 Å². The zero-order chi connectivity index (χ0) is 19.2.